The molecule has 1 amide bonds. The van der Waals surface area contributed by atoms with Crippen LogP contribution in [-0.2, 0) is 4.74 Å². The van der Waals surface area contributed by atoms with Gasteiger partial charge < -0.3 is 29.5 Å². The molecule has 0 radical (unpaired) electrons. The van der Waals surface area contributed by atoms with Crippen LogP contribution in [0.3, 0.4) is 0 Å². The minimum atomic E-state index is -0.476. The normalized spacial score (nSPS) is 20.8. The van der Waals surface area contributed by atoms with Crippen LogP contribution in [0.2, 0.25) is 0 Å². The highest BCUT2D eigenvalue weighted by molar-refractivity contribution is 5.97. The van der Waals surface area contributed by atoms with E-state index in [9.17, 15) is 9.18 Å². The minimum Gasteiger partial charge on any atom is -0.451 e. The maximum atomic E-state index is 14.4. The van der Waals surface area contributed by atoms with E-state index < -0.39 is 5.82 Å². The largest absolute Gasteiger partial charge is 0.451 e. The van der Waals surface area contributed by atoms with Crippen molar-refractivity contribution < 1.29 is 18.7 Å². The predicted molar refractivity (Wildman–Crippen MR) is 176 cm³/mol. The fourth-order valence-electron chi connectivity index (χ4n) is 7.75. The number of amides is 1. The Hall–Kier alpha value is -2.82. The van der Waals surface area contributed by atoms with Crippen molar-refractivity contribution in [3.63, 3.8) is 0 Å². The fraction of sp³-hybridized carbons (Fsp3) is 0.686. The fourth-order valence-corrected chi connectivity index (χ4v) is 7.75. The Morgan fingerprint density at radius 2 is 1.80 bits per heavy atom. The molecule has 3 heterocycles. The third kappa shape index (κ3) is 8.32. The molecule has 5 rings (SSSR count). The van der Waals surface area contributed by atoms with Gasteiger partial charge in [-0.15, -0.1) is 0 Å². The van der Waals surface area contributed by atoms with Gasteiger partial charge in [-0.25, -0.2) is 14.4 Å². The van der Waals surface area contributed by atoms with E-state index in [4.69, 9.17) is 9.47 Å². The number of piperidine rings is 1. The van der Waals surface area contributed by atoms with Crippen molar-refractivity contribution in [3.8, 4) is 11.5 Å². The summed E-state index contributed by atoms with van der Waals surface area (Å²) in [6, 6.07) is 4.68. The second-order valence-corrected chi connectivity index (χ2v) is 14.0. The maximum absolute atomic E-state index is 14.4. The molecular formula is C35H53FN6O3. The molecule has 3 aliphatic rings. The summed E-state index contributed by atoms with van der Waals surface area (Å²) in [4.78, 5) is 29.1. The summed E-state index contributed by atoms with van der Waals surface area (Å²) in [5.74, 6) is 1.32. The van der Waals surface area contributed by atoms with Gasteiger partial charge in [0.15, 0.2) is 11.6 Å². The quantitative estimate of drug-likeness (QED) is 0.299. The van der Waals surface area contributed by atoms with Gasteiger partial charge in [0.2, 0.25) is 0 Å². The molecule has 45 heavy (non-hydrogen) atoms. The number of halogens is 1. The molecule has 1 aromatic carbocycles. The first-order valence-electron chi connectivity index (χ1n) is 17.0. The lowest BCUT2D eigenvalue weighted by Crippen LogP contribution is -2.46. The summed E-state index contributed by atoms with van der Waals surface area (Å²) >= 11 is 0. The number of anilines is 1. The van der Waals surface area contributed by atoms with Crippen LogP contribution in [0.15, 0.2) is 30.7 Å². The Balaban J connectivity index is 1.17. The van der Waals surface area contributed by atoms with Gasteiger partial charge in [0, 0.05) is 51.4 Å². The monoisotopic (exact) mass is 624 g/mol. The van der Waals surface area contributed by atoms with Crippen LogP contribution in [0.5, 0.6) is 11.5 Å². The molecular weight excluding hydrogens is 571 g/mol. The van der Waals surface area contributed by atoms with Gasteiger partial charge in [-0.2, -0.15) is 0 Å². The van der Waals surface area contributed by atoms with E-state index in [0.717, 1.165) is 39.2 Å². The zero-order valence-corrected chi connectivity index (χ0v) is 27.9. The predicted octanol–water partition coefficient (Wildman–Crippen LogP) is 5.75. The first-order valence-corrected chi connectivity index (χ1v) is 17.0. The average molecular weight is 625 g/mol. The van der Waals surface area contributed by atoms with E-state index in [-0.39, 0.29) is 23.6 Å². The molecule has 1 spiro atoms. The van der Waals surface area contributed by atoms with Crippen LogP contribution in [-0.4, -0.2) is 96.8 Å². The van der Waals surface area contributed by atoms with Gasteiger partial charge in [-0.1, -0.05) is 0 Å². The molecule has 10 heteroatoms. The Kier molecular flexibility index (Phi) is 11.3. The van der Waals surface area contributed by atoms with E-state index in [0.29, 0.717) is 34.7 Å². The topological polar surface area (TPSA) is 83.1 Å². The van der Waals surface area contributed by atoms with Gasteiger partial charge in [0.1, 0.15) is 17.9 Å². The molecule has 1 N–H and O–H groups in total. The third-order valence-corrected chi connectivity index (χ3v) is 10.2. The van der Waals surface area contributed by atoms with Crippen LogP contribution in [0.25, 0.3) is 0 Å². The van der Waals surface area contributed by atoms with E-state index in [1.165, 1.54) is 76.1 Å². The standard InChI is InChI=1S/C35H53FN6O3/c1-25(2)42(26(3)4)34(43)30-20-28(36)6-7-31(30)45-32-21-37-24-39-33(32)41-16-10-27(23-41)22-40-17-13-35(14-18-40)11-8-29(9-12-35)38-15-19-44-5/h6-7,20-21,24-27,29,38H,8-19,22-23H2,1-5H3. The summed E-state index contributed by atoms with van der Waals surface area (Å²) < 4.78 is 25.9. The lowest BCUT2D eigenvalue weighted by atomic mass is 9.67. The highest BCUT2D eigenvalue weighted by Gasteiger charge is 2.39. The lowest BCUT2D eigenvalue weighted by Gasteiger charge is -2.46. The van der Waals surface area contributed by atoms with Crippen molar-refractivity contribution in [2.45, 2.75) is 90.8 Å². The van der Waals surface area contributed by atoms with Gasteiger partial charge in [0.25, 0.3) is 5.91 Å². The highest BCUT2D eigenvalue weighted by Crippen LogP contribution is 2.45. The van der Waals surface area contributed by atoms with Crippen molar-refractivity contribution in [1.82, 2.24) is 25.1 Å². The number of nitrogens with zero attached hydrogens (tertiary/aromatic N) is 5. The molecule has 1 unspecified atom stereocenters. The van der Waals surface area contributed by atoms with Gasteiger partial charge in [0.05, 0.1) is 18.4 Å². The van der Waals surface area contributed by atoms with E-state index in [2.05, 4.69) is 25.1 Å². The van der Waals surface area contributed by atoms with Crippen LogP contribution < -0.4 is 15.0 Å². The Bertz CT molecular complexity index is 1250. The van der Waals surface area contributed by atoms with E-state index in [1.807, 2.05) is 27.7 Å². The molecule has 3 fully saturated rings. The molecule has 2 aromatic rings. The summed E-state index contributed by atoms with van der Waals surface area (Å²) in [5.41, 5.74) is 0.734. The number of rotatable bonds is 12. The zero-order valence-electron chi connectivity index (χ0n) is 27.9. The second kappa shape index (κ2) is 15.2. The number of carbonyl (C=O) groups is 1. The number of nitrogens with one attached hydrogen (secondary N) is 1. The summed E-state index contributed by atoms with van der Waals surface area (Å²) in [5, 5.41) is 3.67. The molecule has 9 nitrogen and oxygen atoms in total. The Morgan fingerprint density at radius 1 is 1.07 bits per heavy atom. The number of hydrogen-bond donors (Lipinski definition) is 1. The lowest BCUT2D eigenvalue weighted by molar-refractivity contribution is 0.0518. The zero-order chi connectivity index (χ0) is 32.0. The molecule has 2 aliphatic heterocycles. The molecule has 1 aliphatic carbocycles. The SMILES string of the molecule is COCCNC1CCC2(CC1)CCN(CC1CCN(c3ncncc3Oc3ccc(F)cc3C(=O)N(C(C)C)C(C)C)C1)CC2. The number of aromatic nitrogens is 2. The minimum absolute atomic E-state index is 0.0419. The Labute approximate surface area is 268 Å². The van der Waals surface area contributed by atoms with Crippen molar-refractivity contribution in [2.75, 3.05) is 57.9 Å². The number of likely N-dealkylation sites (tertiary alicyclic amines) is 1. The molecule has 0 bridgehead atoms. The van der Waals surface area contributed by atoms with Crippen molar-refractivity contribution in [1.29, 1.82) is 0 Å². The number of hydrogen-bond acceptors (Lipinski definition) is 8. The average Bonchev–Trinajstić information content (AvgIpc) is 3.48. The summed E-state index contributed by atoms with van der Waals surface area (Å²) in [6.45, 7) is 14.8. The Morgan fingerprint density at radius 3 is 2.49 bits per heavy atom. The van der Waals surface area contributed by atoms with Crippen molar-refractivity contribution in [3.05, 3.63) is 42.1 Å². The summed E-state index contributed by atoms with van der Waals surface area (Å²) in [6.07, 6.45) is 12.1. The van der Waals surface area contributed by atoms with E-state index in [1.54, 1.807) is 18.2 Å². The first kappa shape index (κ1) is 33.5. The molecule has 1 atom stereocenters. The van der Waals surface area contributed by atoms with Crippen molar-refractivity contribution in [2.24, 2.45) is 11.3 Å². The number of ether oxygens (including phenoxy) is 2. The molecule has 1 aromatic heterocycles. The third-order valence-electron chi connectivity index (χ3n) is 10.2. The smallest absolute Gasteiger partial charge is 0.258 e. The second-order valence-electron chi connectivity index (χ2n) is 14.0. The molecule has 2 saturated heterocycles. The van der Waals surface area contributed by atoms with Gasteiger partial charge in [-0.05, 0) is 115 Å². The van der Waals surface area contributed by atoms with Crippen molar-refractivity contribution >= 4 is 11.7 Å². The van der Waals surface area contributed by atoms with Crippen LogP contribution >= 0.6 is 0 Å². The molecule has 248 valence electrons. The molecule has 1 saturated carbocycles. The summed E-state index contributed by atoms with van der Waals surface area (Å²) in [7, 11) is 1.76. The number of benzene rings is 1. The maximum Gasteiger partial charge on any atom is 0.258 e. The van der Waals surface area contributed by atoms with E-state index >= 15 is 0 Å². The van der Waals surface area contributed by atoms with Gasteiger partial charge >= 0.3 is 0 Å². The van der Waals surface area contributed by atoms with Crippen LogP contribution in [0.4, 0.5) is 10.2 Å². The van der Waals surface area contributed by atoms with Gasteiger partial charge in [-0.3, -0.25) is 4.79 Å². The van der Waals surface area contributed by atoms with Crippen LogP contribution in [0.1, 0.15) is 83.0 Å². The first-order chi connectivity index (χ1) is 21.7. The number of carbonyl (C=O) groups excluding carboxylic acids is 1. The highest BCUT2D eigenvalue weighted by atomic mass is 19.1. The number of methoxy groups -OCH3 is 1. The van der Waals surface area contributed by atoms with Crippen LogP contribution in [0, 0.1) is 17.2 Å².